The normalized spacial score (nSPS) is 20.0. The van der Waals surface area contributed by atoms with Crippen LogP contribution in [0.15, 0.2) is 23.1 Å². The second kappa shape index (κ2) is 5.65. The van der Waals surface area contributed by atoms with Gasteiger partial charge < -0.3 is 10.2 Å². The summed E-state index contributed by atoms with van der Waals surface area (Å²) < 4.78 is 26.5. The van der Waals surface area contributed by atoms with Crippen molar-refractivity contribution >= 4 is 16.0 Å². The fraction of sp³-hybridized carbons (Fsp3) is 0.500. The first kappa shape index (κ1) is 15.8. The number of carboxylic acids is 1. The molecule has 1 aromatic carbocycles. The molecule has 2 rings (SSSR count). The minimum absolute atomic E-state index is 0.0953. The van der Waals surface area contributed by atoms with Crippen LogP contribution in [0, 0.1) is 11.8 Å². The lowest BCUT2D eigenvalue weighted by Gasteiger charge is -2.18. The van der Waals surface area contributed by atoms with E-state index in [1.54, 1.807) is 0 Å². The number of hydrogen-bond acceptors (Lipinski definition) is 4. The quantitative estimate of drug-likeness (QED) is 0.883. The molecule has 1 heterocycles. The summed E-state index contributed by atoms with van der Waals surface area (Å²) in [6.45, 7) is 5.01. The molecule has 0 aromatic heterocycles. The average molecular weight is 313 g/mol. The third kappa shape index (κ3) is 3.03. The van der Waals surface area contributed by atoms with Crippen molar-refractivity contribution in [3.63, 3.8) is 0 Å². The van der Waals surface area contributed by atoms with E-state index in [-0.39, 0.29) is 4.90 Å². The van der Waals surface area contributed by atoms with Crippen molar-refractivity contribution in [2.75, 3.05) is 13.1 Å². The molecule has 1 aliphatic heterocycles. The Bertz CT molecular complexity index is 653. The molecule has 1 atom stereocenters. The maximum atomic E-state index is 12.5. The Hall–Kier alpha value is -1.60. The number of aromatic carboxylic acids is 1. The lowest BCUT2D eigenvalue weighted by atomic mass is 9.96. The SMILES string of the molecule is CC(C)C1CCN(S(=O)(=O)c2ccc(O)c(C(=O)O)c2)C1. The van der Waals surface area contributed by atoms with Crippen molar-refractivity contribution in [3.8, 4) is 5.75 Å². The van der Waals surface area contributed by atoms with E-state index < -0.39 is 27.3 Å². The predicted octanol–water partition coefficient (Wildman–Crippen LogP) is 1.76. The van der Waals surface area contributed by atoms with E-state index in [4.69, 9.17) is 5.11 Å². The van der Waals surface area contributed by atoms with Gasteiger partial charge in [-0.3, -0.25) is 0 Å². The van der Waals surface area contributed by atoms with Crippen LogP contribution in [0.4, 0.5) is 0 Å². The topological polar surface area (TPSA) is 94.9 Å². The molecule has 2 N–H and O–H groups in total. The summed E-state index contributed by atoms with van der Waals surface area (Å²) in [5.41, 5.74) is -0.407. The van der Waals surface area contributed by atoms with Crippen LogP contribution in [-0.2, 0) is 10.0 Å². The van der Waals surface area contributed by atoms with Gasteiger partial charge in [-0.25, -0.2) is 13.2 Å². The highest BCUT2D eigenvalue weighted by molar-refractivity contribution is 7.89. The number of carboxylic acid groups (broad SMARTS) is 1. The molecule has 0 radical (unpaired) electrons. The minimum atomic E-state index is -3.72. The van der Waals surface area contributed by atoms with Crippen LogP contribution < -0.4 is 0 Å². The highest BCUT2D eigenvalue weighted by Gasteiger charge is 2.34. The molecule has 1 saturated heterocycles. The van der Waals surface area contributed by atoms with Gasteiger partial charge in [-0.15, -0.1) is 0 Å². The third-order valence-corrected chi connectivity index (χ3v) is 5.83. The first-order chi connectivity index (χ1) is 9.73. The van der Waals surface area contributed by atoms with Crippen molar-refractivity contribution in [2.45, 2.75) is 25.2 Å². The van der Waals surface area contributed by atoms with Crippen molar-refractivity contribution in [2.24, 2.45) is 11.8 Å². The predicted molar refractivity (Wildman–Crippen MR) is 76.8 cm³/mol. The fourth-order valence-corrected chi connectivity index (χ4v) is 4.05. The van der Waals surface area contributed by atoms with Gasteiger partial charge in [-0.2, -0.15) is 4.31 Å². The Balaban J connectivity index is 2.33. The van der Waals surface area contributed by atoms with Gasteiger partial charge in [0.2, 0.25) is 10.0 Å². The molecule has 116 valence electrons. The van der Waals surface area contributed by atoms with Crippen molar-refractivity contribution < 1.29 is 23.4 Å². The van der Waals surface area contributed by atoms with Gasteiger partial charge in [0.25, 0.3) is 0 Å². The fourth-order valence-electron chi connectivity index (χ4n) is 2.51. The summed E-state index contributed by atoms with van der Waals surface area (Å²) in [5, 5.41) is 18.4. The molecule has 21 heavy (non-hydrogen) atoms. The van der Waals surface area contributed by atoms with E-state index in [9.17, 15) is 18.3 Å². The molecule has 0 spiro atoms. The Labute approximate surface area is 124 Å². The van der Waals surface area contributed by atoms with E-state index in [1.165, 1.54) is 10.4 Å². The lowest BCUT2D eigenvalue weighted by Crippen LogP contribution is -2.29. The Morgan fingerprint density at radius 3 is 2.57 bits per heavy atom. The molecule has 0 bridgehead atoms. The summed E-state index contributed by atoms with van der Waals surface area (Å²) in [7, 11) is -3.72. The molecule has 0 aliphatic carbocycles. The molecule has 0 amide bonds. The number of sulfonamides is 1. The average Bonchev–Trinajstić information content (AvgIpc) is 2.89. The number of phenols is 1. The maximum Gasteiger partial charge on any atom is 0.339 e. The van der Waals surface area contributed by atoms with Crippen LogP contribution >= 0.6 is 0 Å². The lowest BCUT2D eigenvalue weighted by molar-refractivity contribution is 0.0693. The molecular weight excluding hydrogens is 294 g/mol. The monoisotopic (exact) mass is 313 g/mol. The van der Waals surface area contributed by atoms with Gasteiger partial charge in [0.1, 0.15) is 11.3 Å². The minimum Gasteiger partial charge on any atom is -0.507 e. The zero-order valence-corrected chi connectivity index (χ0v) is 12.8. The largest absolute Gasteiger partial charge is 0.507 e. The van der Waals surface area contributed by atoms with Gasteiger partial charge >= 0.3 is 5.97 Å². The van der Waals surface area contributed by atoms with E-state index in [0.29, 0.717) is 24.9 Å². The number of benzene rings is 1. The Morgan fingerprint density at radius 1 is 1.38 bits per heavy atom. The summed E-state index contributed by atoms with van der Waals surface area (Å²) in [6.07, 6.45) is 0.806. The Morgan fingerprint density at radius 2 is 2.05 bits per heavy atom. The molecule has 7 heteroatoms. The number of aromatic hydroxyl groups is 1. The van der Waals surface area contributed by atoms with Crippen LogP contribution in [0.2, 0.25) is 0 Å². The maximum absolute atomic E-state index is 12.5. The zero-order valence-electron chi connectivity index (χ0n) is 12.0. The van der Waals surface area contributed by atoms with Crippen molar-refractivity contribution in [1.29, 1.82) is 0 Å². The number of hydrogen-bond donors (Lipinski definition) is 2. The van der Waals surface area contributed by atoms with Crippen LogP contribution in [0.5, 0.6) is 5.75 Å². The highest BCUT2D eigenvalue weighted by atomic mass is 32.2. The molecule has 1 fully saturated rings. The number of rotatable bonds is 4. The second-order valence-corrected chi connectivity index (χ2v) is 7.58. The van der Waals surface area contributed by atoms with E-state index >= 15 is 0 Å². The van der Waals surface area contributed by atoms with Gasteiger partial charge in [-0.1, -0.05) is 13.8 Å². The Kier molecular flexibility index (Phi) is 4.25. The van der Waals surface area contributed by atoms with Gasteiger partial charge in [0, 0.05) is 13.1 Å². The second-order valence-electron chi connectivity index (χ2n) is 5.64. The van der Waals surface area contributed by atoms with Crippen molar-refractivity contribution in [3.05, 3.63) is 23.8 Å². The summed E-state index contributed by atoms with van der Waals surface area (Å²) in [6, 6.07) is 3.35. The standard InChI is InChI=1S/C14H19NO5S/c1-9(2)10-5-6-15(8-10)21(19,20)11-3-4-13(16)12(7-11)14(17)18/h3-4,7,9-10,16H,5-6,8H2,1-2H3,(H,17,18). The highest BCUT2D eigenvalue weighted by Crippen LogP contribution is 2.30. The van der Waals surface area contributed by atoms with Crippen LogP contribution in [0.25, 0.3) is 0 Å². The third-order valence-electron chi connectivity index (χ3n) is 3.97. The molecule has 1 unspecified atom stereocenters. The van der Waals surface area contributed by atoms with Gasteiger partial charge in [0.05, 0.1) is 4.90 Å². The van der Waals surface area contributed by atoms with Crippen molar-refractivity contribution in [1.82, 2.24) is 4.31 Å². The molecular formula is C14H19NO5S. The first-order valence-corrected chi connectivity index (χ1v) is 8.24. The van der Waals surface area contributed by atoms with E-state index in [1.807, 2.05) is 0 Å². The number of nitrogens with zero attached hydrogens (tertiary/aromatic N) is 1. The zero-order chi connectivity index (χ0) is 15.8. The summed E-state index contributed by atoms with van der Waals surface area (Å²) in [4.78, 5) is 10.9. The van der Waals surface area contributed by atoms with Crippen LogP contribution in [0.1, 0.15) is 30.6 Å². The van der Waals surface area contributed by atoms with E-state index in [2.05, 4.69) is 13.8 Å². The summed E-state index contributed by atoms with van der Waals surface area (Å²) in [5.74, 6) is -1.08. The smallest absolute Gasteiger partial charge is 0.339 e. The molecule has 0 saturated carbocycles. The molecule has 1 aliphatic rings. The van der Waals surface area contributed by atoms with E-state index in [0.717, 1.165) is 18.6 Å². The van der Waals surface area contributed by atoms with Crippen LogP contribution in [0.3, 0.4) is 0 Å². The first-order valence-electron chi connectivity index (χ1n) is 6.80. The molecule has 6 nitrogen and oxygen atoms in total. The number of carbonyl (C=O) groups is 1. The van der Waals surface area contributed by atoms with Gasteiger partial charge in [-0.05, 0) is 36.5 Å². The van der Waals surface area contributed by atoms with Crippen LogP contribution in [-0.4, -0.2) is 42.0 Å². The summed E-state index contributed by atoms with van der Waals surface area (Å²) >= 11 is 0. The van der Waals surface area contributed by atoms with Gasteiger partial charge in [0.15, 0.2) is 0 Å². The molecule has 1 aromatic rings.